The summed E-state index contributed by atoms with van der Waals surface area (Å²) in [5, 5.41) is 6.26. The van der Waals surface area contributed by atoms with Crippen LogP contribution in [0.1, 0.15) is 22.2 Å². The van der Waals surface area contributed by atoms with Gasteiger partial charge in [0.1, 0.15) is 0 Å². The molecular weight excluding hydrogens is 372 g/mol. The minimum absolute atomic E-state index is 0.0992. The highest BCUT2D eigenvalue weighted by Gasteiger charge is 2.19. The van der Waals surface area contributed by atoms with E-state index in [0.29, 0.717) is 21.8 Å². The highest BCUT2D eigenvalue weighted by Crippen LogP contribution is 2.27. The Hall–Kier alpha value is -3.58. The van der Waals surface area contributed by atoms with Crippen LogP contribution < -0.4 is 4.90 Å². The second-order valence-corrected chi connectivity index (χ2v) is 7.00. The lowest BCUT2D eigenvalue weighted by Gasteiger charge is -2.17. The number of nitrogens with zero attached hydrogens (tertiary/aromatic N) is 4. The van der Waals surface area contributed by atoms with Crippen molar-refractivity contribution >= 4 is 34.4 Å². The van der Waals surface area contributed by atoms with Gasteiger partial charge >= 0.3 is 0 Å². The van der Waals surface area contributed by atoms with Gasteiger partial charge in [0, 0.05) is 30.6 Å². The summed E-state index contributed by atoms with van der Waals surface area (Å²) >= 11 is 1.39. The molecule has 28 heavy (non-hydrogen) atoms. The number of ketones is 1. The molecule has 0 saturated heterocycles. The van der Waals surface area contributed by atoms with E-state index in [1.807, 2.05) is 41.8 Å². The zero-order valence-corrected chi connectivity index (χ0v) is 15.9. The molecule has 0 spiro atoms. The number of carbonyl (C=O) groups excluding carboxylic acids is 2. The second-order valence-electron chi connectivity index (χ2n) is 6.05. The van der Waals surface area contributed by atoms with Crippen molar-refractivity contribution in [1.82, 2.24) is 14.6 Å². The molecule has 0 unspecified atom stereocenters. The average molecular weight is 388 g/mol. The normalized spacial score (nSPS) is 10.8. The van der Waals surface area contributed by atoms with Crippen molar-refractivity contribution < 1.29 is 9.59 Å². The first kappa shape index (κ1) is 17.8. The Bertz CT molecular complexity index is 1190. The number of thiophene rings is 1. The summed E-state index contributed by atoms with van der Waals surface area (Å²) in [6.45, 7) is 5.18. The molecule has 0 atom stereocenters. The van der Waals surface area contributed by atoms with Crippen LogP contribution in [0.25, 0.3) is 16.9 Å². The first-order valence-corrected chi connectivity index (χ1v) is 9.42. The first-order valence-electron chi connectivity index (χ1n) is 8.54. The van der Waals surface area contributed by atoms with E-state index in [1.165, 1.54) is 29.4 Å². The summed E-state index contributed by atoms with van der Waals surface area (Å²) in [5.74, 6) is -0.229. The van der Waals surface area contributed by atoms with Gasteiger partial charge in [-0.3, -0.25) is 14.5 Å². The fourth-order valence-electron chi connectivity index (χ4n) is 3.04. The number of amides is 1. The lowest BCUT2D eigenvalue weighted by molar-refractivity contribution is -0.115. The molecule has 7 heteroatoms. The van der Waals surface area contributed by atoms with Gasteiger partial charge in [-0.05, 0) is 29.6 Å². The molecule has 0 N–H and O–H groups in total. The van der Waals surface area contributed by atoms with Crippen LogP contribution in [0.2, 0.25) is 0 Å². The molecule has 0 aliphatic heterocycles. The highest BCUT2D eigenvalue weighted by molar-refractivity contribution is 7.12. The standard InChI is InChI=1S/C21H16N4O2S/c1-3-24(14(2)26)16-7-4-6-15(12-16)18-9-10-22-21-17(13-23-25(18)21)20(27)19-8-5-11-28-19/h3-13H,1H2,2H3. The molecule has 3 aromatic heterocycles. The number of hydrogen-bond donors (Lipinski definition) is 0. The van der Waals surface area contributed by atoms with E-state index < -0.39 is 0 Å². The van der Waals surface area contributed by atoms with Crippen LogP contribution in [-0.2, 0) is 4.79 Å². The summed E-state index contributed by atoms with van der Waals surface area (Å²) in [6.07, 6.45) is 4.68. The molecule has 4 rings (SSSR count). The molecule has 0 fully saturated rings. The van der Waals surface area contributed by atoms with Crippen LogP contribution in [0.15, 0.2) is 73.0 Å². The lowest BCUT2D eigenvalue weighted by Crippen LogP contribution is -2.21. The van der Waals surface area contributed by atoms with E-state index in [1.54, 1.807) is 23.0 Å². The summed E-state index contributed by atoms with van der Waals surface area (Å²) < 4.78 is 1.64. The van der Waals surface area contributed by atoms with Gasteiger partial charge in [0.25, 0.3) is 0 Å². The molecule has 0 radical (unpaired) electrons. The molecule has 4 aromatic rings. The maximum atomic E-state index is 12.7. The van der Waals surface area contributed by atoms with Gasteiger partial charge in [-0.2, -0.15) is 5.10 Å². The van der Waals surface area contributed by atoms with Crippen LogP contribution in [-0.4, -0.2) is 26.3 Å². The first-order chi connectivity index (χ1) is 13.6. The van der Waals surface area contributed by atoms with Crippen LogP contribution in [0.4, 0.5) is 5.69 Å². The SMILES string of the molecule is C=CN(C(C)=O)c1cccc(-c2ccnc3c(C(=O)c4cccs4)cnn23)c1. The van der Waals surface area contributed by atoms with Gasteiger partial charge in [0.15, 0.2) is 5.65 Å². The van der Waals surface area contributed by atoms with Gasteiger partial charge in [0.2, 0.25) is 11.7 Å². The maximum absolute atomic E-state index is 12.7. The number of rotatable bonds is 5. The summed E-state index contributed by atoms with van der Waals surface area (Å²) in [7, 11) is 0. The largest absolute Gasteiger partial charge is 0.289 e. The third-order valence-electron chi connectivity index (χ3n) is 4.33. The highest BCUT2D eigenvalue weighted by atomic mass is 32.1. The Labute approximate surface area is 165 Å². The van der Waals surface area contributed by atoms with E-state index in [-0.39, 0.29) is 11.7 Å². The fourth-order valence-corrected chi connectivity index (χ4v) is 3.72. The monoisotopic (exact) mass is 388 g/mol. The fraction of sp³-hybridized carbons (Fsp3) is 0.0476. The van der Waals surface area contributed by atoms with Crippen molar-refractivity contribution in [3.8, 4) is 11.3 Å². The van der Waals surface area contributed by atoms with Crippen LogP contribution in [0, 0.1) is 0 Å². The zero-order valence-electron chi connectivity index (χ0n) is 15.1. The Kier molecular flexibility index (Phi) is 4.58. The van der Waals surface area contributed by atoms with E-state index in [0.717, 1.165) is 11.3 Å². The van der Waals surface area contributed by atoms with Gasteiger partial charge in [-0.25, -0.2) is 9.50 Å². The molecule has 0 aliphatic rings. The lowest BCUT2D eigenvalue weighted by atomic mass is 10.1. The Morgan fingerprint density at radius 2 is 2.07 bits per heavy atom. The predicted molar refractivity (Wildman–Crippen MR) is 110 cm³/mol. The predicted octanol–water partition coefficient (Wildman–Crippen LogP) is 4.19. The zero-order chi connectivity index (χ0) is 19.7. The van der Waals surface area contributed by atoms with Crippen molar-refractivity contribution in [2.75, 3.05) is 4.90 Å². The number of hydrogen-bond acceptors (Lipinski definition) is 5. The van der Waals surface area contributed by atoms with Crippen molar-refractivity contribution in [2.24, 2.45) is 0 Å². The minimum atomic E-state index is -0.130. The molecule has 6 nitrogen and oxygen atoms in total. The van der Waals surface area contributed by atoms with Gasteiger partial charge in [-0.15, -0.1) is 11.3 Å². The average Bonchev–Trinajstić information content (AvgIpc) is 3.38. The van der Waals surface area contributed by atoms with Crippen molar-refractivity contribution in [2.45, 2.75) is 6.92 Å². The molecule has 138 valence electrons. The molecule has 3 heterocycles. The van der Waals surface area contributed by atoms with Crippen LogP contribution >= 0.6 is 11.3 Å². The van der Waals surface area contributed by atoms with Crippen LogP contribution in [0.3, 0.4) is 0 Å². The van der Waals surface area contributed by atoms with Crippen LogP contribution in [0.5, 0.6) is 0 Å². The van der Waals surface area contributed by atoms with Gasteiger partial charge in [0.05, 0.1) is 22.3 Å². The quantitative estimate of drug-likeness (QED) is 0.481. The third-order valence-corrected chi connectivity index (χ3v) is 5.20. The van der Waals surface area contributed by atoms with Crippen molar-refractivity contribution in [3.05, 3.63) is 83.5 Å². The number of fused-ring (bicyclic) bond motifs is 1. The second kappa shape index (κ2) is 7.21. The smallest absolute Gasteiger partial charge is 0.227 e. The van der Waals surface area contributed by atoms with Gasteiger partial charge < -0.3 is 0 Å². The number of benzene rings is 1. The molecule has 0 saturated carbocycles. The molecule has 1 aromatic carbocycles. The Morgan fingerprint density at radius 1 is 1.21 bits per heavy atom. The van der Waals surface area contributed by atoms with Gasteiger partial charge in [-0.1, -0.05) is 24.8 Å². The Morgan fingerprint density at radius 3 is 2.79 bits per heavy atom. The summed E-state index contributed by atoms with van der Waals surface area (Å²) in [4.78, 5) is 31.0. The molecule has 0 bridgehead atoms. The van der Waals surface area contributed by atoms with Crippen molar-refractivity contribution in [1.29, 1.82) is 0 Å². The summed E-state index contributed by atoms with van der Waals surface area (Å²) in [6, 6.07) is 12.9. The third kappa shape index (κ3) is 3.01. The number of anilines is 1. The number of carbonyl (C=O) groups is 2. The molecule has 1 amide bonds. The van der Waals surface area contributed by atoms with E-state index in [2.05, 4.69) is 16.7 Å². The van der Waals surface area contributed by atoms with Crippen molar-refractivity contribution in [3.63, 3.8) is 0 Å². The molecule has 0 aliphatic carbocycles. The topological polar surface area (TPSA) is 67.6 Å². The minimum Gasteiger partial charge on any atom is -0.289 e. The van der Waals surface area contributed by atoms with E-state index >= 15 is 0 Å². The summed E-state index contributed by atoms with van der Waals surface area (Å²) in [5.41, 5.74) is 3.26. The maximum Gasteiger partial charge on any atom is 0.227 e. The van der Waals surface area contributed by atoms with E-state index in [9.17, 15) is 9.59 Å². The number of aromatic nitrogens is 3. The van der Waals surface area contributed by atoms with E-state index in [4.69, 9.17) is 0 Å². The Balaban J connectivity index is 1.82. The molecular formula is C21H16N4O2S.